The van der Waals surface area contributed by atoms with Crippen molar-refractivity contribution in [3.63, 3.8) is 0 Å². The second-order valence-electron chi connectivity index (χ2n) is 5.42. The van der Waals surface area contributed by atoms with E-state index in [0.717, 1.165) is 17.7 Å². The molecule has 1 saturated heterocycles. The molecule has 0 spiro atoms. The Morgan fingerprint density at radius 2 is 2.10 bits per heavy atom. The number of hydrogen-bond donors (Lipinski definition) is 1. The zero-order chi connectivity index (χ0) is 15.0. The smallest absolute Gasteiger partial charge is 0.246 e. The topological polar surface area (TPSA) is 49.4 Å². The number of nitrogens with one attached hydrogen (secondary N) is 1. The number of likely N-dealkylation sites (N-methyl/N-ethyl adjacent to an activating group) is 1. The molecule has 0 aromatic heterocycles. The summed E-state index contributed by atoms with van der Waals surface area (Å²) in [7, 11) is 1.56. The van der Waals surface area contributed by atoms with Gasteiger partial charge in [-0.05, 0) is 42.4 Å². The van der Waals surface area contributed by atoms with Crippen LogP contribution in [0.3, 0.4) is 0 Å². The maximum absolute atomic E-state index is 12.2. The van der Waals surface area contributed by atoms with Crippen LogP contribution in [0.25, 0.3) is 0 Å². The summed E-state index contributed by atoms with van der Waals surface area (Å²) in [6.07, 6.45) is 1.95. The fourth-order valence-corrected chi connectivity index (χ4v) is 4.14. The van der Waals surface area contributed by atoms with Crippen molar-refractivity contribution < 1.29 is 9.59 Å². The molecule has 1 aromatic rings. The molecule has 6 heteroatoms. The summed E-state index contributed by atoms with van der Waals surface area (Å²) in [4.78, 5) is 26.2. The molecule has 4 nitrogen and oxygen atoms in total. The first-order valence-corrected chi connectivity index (χ1v) is 8.41. The quantitative estimate of drug-likeness (QED) is 0.850. The minimum absolute atomic E-state index is 0.0966. The number of hydrogen-bond acceptors (Lipinski definition) is 4. The first-order chi connectivity index (χ1) is 10.1. The molecule has 21 heavy (non-hydrogen) atoms. The van der Waals surface area contributed by atoms with E-state index in [4.69, 9.17) is 11.6 Å². The van der Waals surface area contributed by atoms with Crippen LogP contribution < -0.4 is 5.32 Å². The van der Waals surface area contributed by atoms with Gasteiger partial charge in [0.2, 0.25) is 11.8 Å². The summed E-state index contributed by atoms with van der Waals surface area (Å²) in [5.41, 5.74) is 1.16. The molecule has 2 atom stereocenters. The average molecular weight is 325 g/mol. The highest BCUT2D eigenvalue weighted by Crippen LogP contribution is 2.38. The maximum atomic E-state index is 12.2. The predicted molar refractivity (Wildman–Crippen MR) is 83.5 cm³/mol. The van der Waals surface area contributed by atoms with Crippen molar-refractivity contribution in [1.29, 1.82) is 0 Å². The Hall–Kier alpha value is -1.04. The van der Waals surface area contributed by atoms with E-state index < -0.39 is 0 Å². The number of rotatable bonds is 2. The number of benzene rings is 1. The van der Waals surface area contributed by atoms with Crippen molar-refractivity contribution in [3.8, 4) is 0 Å². The third-order valence-corrected chi connectivity index (χ3v) is 5.42. The average Bonchev–Trinajstić information content (AvgIpc) is 2.48. The highest BCUT2D eigenvalue weighted by Gasteiger charge is 2.34. The van der Waals surface area contributed by atoms with Crippen LogP contribution in [0, 0.1) is 0 Å². The summed E-state index contributed by atoms with van der Waals surface area (Å²) >= 11 is 7.92. The number of imide groups is 1. The fraction of sp³-hybridized carbons (Fsp3) is 0.467. The number of nitrogens with zero attached hydrogens (tertiary/aromatic N) is 1. The maximum Gasteiger partial charge on any atom is 0.246 e. The highest BCUT2D eigenvalue weighted by atomic mass is 35.5. The van der Waals surface area contributed by atoms with Gasteiger partial charge in [0.15, 0.2) is 0 Å². The molecule has 2 amide bonds. The van der Waals surface area contributed by atoms with Gasteiger partial charge < -0.3 is 0 Å². The molecule has 0 aliphatic carbocycles. The third-order valence-electron chi connectivity index (χ3n) is 4.06. The SMILES string of the molecule is CN1C(=O)CCC(NC2CCSc3ccc(Cl)cc32)C1=O. The predicted octanol–water partition coefficient (Wildman–Crippen LogP) is 2.61. The molecule has 2 aliphatic rings. The van der Waals surface area contributed by atoms with Gasteiger partial charge in [-0.1, -0.05) is 11.6 Å². The standard InChI is InChI=1S/C15H17ClN2O2S/c1-18-14(19)5-3-12(15(18)20)17-11-6-7-21-13-4-2-9(16)8-10(11)13/h2,4,8,11-12,17H,3,5-7H2,1H3. The number of carbonyl (C=O) groups excluding carboxylic acids is 2. The molecule has 0 saturated carbocycles. The van der Waals surface area contributed by atoms with Crippen molar-refractivity contribution >= 4 is 35.2 Å². The first-order valence-electron chi connectivity index (χ1n) is 7.05. The lowest BCUT2D eigenvalue weighted by Crippen LogP contribution is -2.52. The second kappa shape index (κ2) is 5.99. The van der Waals surface area contributed by atoms with Crippen LogP contribution in [0.2, 0.25) is 5.02 Å². The van der Waals surface area contributed by atoms with Gasteiger partial charge in [0, 0.05) is 29.4 Å². The number of thioether (sulfide) groups is 1. The van der Waals surface area contributed by atoms with E-state index in [1.807, 2.05) is 30.0 Å². The number of fused-ring (bicyclic) bond motifs is 1. The van der Waals surface area contributed by atoms with Crippen LogP contribution in [-0.2, 0) is 9.59 Å². The first kappa shape index (κ1) is 14.9. The van der Waals surface area contributed by atoms with Crippen LogP contribution in [-0.4, -0.2) is 35.6 Å². The van der Waals surface area contributed by atoms with E-state index in [1.165, 1.54) is 9.80 Å². The fourth-order valence-electron chi connectivity index (χ4n) is 2.85. The van der Waals surface area contributed by atoms with Crippen molar-refractivity contribution in [1.82, 2.24) is 10.2 Å². The minimum Gasteiger partial charge on any atom is -0.299 e. The molecule has 1 fully saturated rings. The van der Waals surface area contributed by atoms with Crippen LogP contribution in [0.15, 0.2) is 23.1 Å². The lowest BCUT2D eigenvalue weighted by Gasteiger charge is -2.33. The van der Waals surface area contributed by atoms with Crippen molar-refractivity contribution in [2.45, 2.75) is 36.2 Å². The summed E-state index contributed by atoms with van der Waals surface area (Å²) in [5, 5.41) is 4.14. The van der Waals surface area contributed by atoms with Gasteiger partial charge in [0.1, 0.15) is 0 Å². The molecule has 2 heterocycles. The van der Waals surface area contributed by atoms with Crippen molar-refractivity contribution in [2.75, 3.05) is 12.8 Å². The van der Waals surface area contributed by atoms with Crippen LogP contribution in [0.5, 0.6) is 0 Å². The Bertz CT molecular complexity index is 593. The molecular weight excluding hydrogens is 308 g/mol. The Balaban J connectivity index is 1.79. The molecule has 0 bridgehead atoms. The molecular formula is C15H17ClN2O2S. The zero-order valence-corrected chi connectivity index (χ0v) is 13.3. The third kappa shape index (κ3) is 2.96. The Morgan fingerprint density at radius 3 is 2.90 bits per heavy atom. The van der Waals surface area contributed by atoms with Crippen LogP contribution >= 0.6 is 23.4 Å². The summed E-state index contributed by atoms with van der Waals surface area (Å²) in [5.74, 6) is 0.788. The Morgan fingerprint density at radius 1 is 1.29 bits per heavy atom. The van der Waals surface area contributed by atoms with Gasteiger partial charge in [-0.15, -0.1) is 11.8 Å². The van der Waals surface area contributed by atoms with Gasteiger partial charge in [-0.25, -0.2) is 0 Å². The number of halogens is 1. The molecule has 1 N–H and O–H groups in total. The van der Waals surface area contributed by atoms with E-state index in [-0.39, 0.29) is 23.9 Å². The molecule has 2 unspecified atom stereocenters. The second-order valence-corrected chi connectivity index (χ2v) is 6.99. The number of amides is 2. The number of likely N-dealkylation sites (tertiary alicyclic amines) is 1. The van der Waals surface area contributed by atoms with Crippen molar-refractivity contribution in [3.05, 3.63) is 28.8 Å². The van der Waals surface area contributed by atoms with Crippen molar-refractivity contribution in [2.24, 2.45) is 0 Å². The normalized spacial score (nSPS) is 25.9. The molecule has 0 radical (unpaired) electrons. The van der Waals surface area contributed by atoms with E-state index in [1.54, 1.807) is 7.05 Å². The zero-order valence-electron chi connectivity index (χ0n) is 11.8. The Kier molecular flexibility index (Phi) is 4.24. The minimum atomic E-state index is -0.285. The summed E-state index contributed by atoms with van der Waals surface area (Å²) in [6, 6.07) is 5.74. The summed E-state index contributed by atoms with van der Waals surface area (Å²) < 4.78 is 0. The number of carbonyl (C=O) groups is 2. The summed E-state index contributed by atoms with van der Waals surface area (Å²) in [6.45, 7) is 0. The lowest BCUT2D eigenvalue weighted by atomic mass is 9.99. The van der Waals surface area contributed by atoms with E-state index >= 15 is 0 Å². The highest BCUT2D eigenvalue weighted by molar-refractivity contribution is 7.99. The molecule has 1 aromatic carbocycles. The molecule has 2 aliphatic heterocycles. The monoisotopic (exact) mass is 324 g/mol. The van der Waals surface area contributed by atoms with Gasteiger partial charge in [-0.3, -0.25) is 19.8 Å². The van der Waals surface area contributed by atoms with Gasteiger partial charge in [0.05, 0.1) is 6.04 Å². The lowest BCUT2D eigenvalue weighted by molar-refractivity contribution is -0.148. The van der Waals surface area contributed by atoms with Crippen LogP contribution in [0.1, 0.15) is 30.9 Å². The van der Waals surface area contributed by atoms with E-state index in [2.05, 4.69) is 5.32 Å². The van der Waals surface area contributed by atoms with E-state index in [0.29, 0.717) is 17.9 Å². The largest absolute Gasteiger partial charge is 0.299 e. The number of piperidine rings is 1. The van der Waals surface area contributed by atoms with Gasteiger partial charge in [0.25, 0.3) is 0 Å². The van der Waals surface area contributed by atoms with Gasteiger partial charge in [-0.2, -0.15) is 0 Å². The van der Waals surface area contributed by atoms with Crippen LogP contribution in [0.4, 0.5) is 0 Å². The molecule has 3 rings (SSSR count). The molecule has 112 valence electrons. The van der Waals surface area contributed by atoms with Gasteiger partial charge >= 0.3 is 0 Å². The van der Waals surface area contributed by atoms with E-state index in [9.17, 15) is 9.59 Å². The Labute approximate surface area is 133 Å².